The number of ether oxygens (including phenoxy) is 1. The van der Waals surface area contributed by atoms with Gasteiger partial charge in [0.05, 0.1) is 10.4 Å². The van der Waals surface area contributed by atoms with Crippen molar-refractivity contribution in [3.63, 3.8) is 0 Å². The zero-order valence-corrected chi connectivity index (χ0v) is 10.3. The summed E-state index contributed by atoms with van der Waals surface area (Å²) >= 11 is 1.70. The number of rotatable bonds is 2. The summed E-state index contributed by atoms with van der Waals surface area (Å²) in [5.41, 5.74) is 0.757. The van der Waals surface area contributed by atoms with E-state index in [2.05, 4.69) is 17.1 Å². The van der Waals surface area contributed by atoms with Gasteiger partial charge in [-0.3, -0.25) is 0 Å². The van der Waals surface area contributed by atoms with Crippen LogP contribution in [0.25, 0.3) is 0 Å². The minimum Gasteiger partial charge on any atom is -0.481 e. The number of nitrogens with zero attached hydrogens (tertiary/aromatic N) is 1. The lowest BCUT2D eigenvalue weighted by atomic mass is 9.89. The molecule has 4 heteroatoms. The molecule has 0 amide bonds. The molecule has 0 radical (unpaired) electrons. The predicted molar refractivity (Wildman–Crippen MR) is 66.1 cm³/mol. The van der Waals surface area contributed by atoms with Crippen molar-refractivity contribution < 1.29 is 9.53 Å². The molecule has 0 bridgehead atoms. The highest BCUT2D eigenvalue weighted by Crippen LogP contribution is 2.45. The smallest absolute Gasteiger partial charge is 0.235 e. The molecule has 3 nitrogen and oxygen atoms in total. The number of aliphatic imine (C=N–C) groups is 1. The van der Waals surface area contributed by atoms with Crippen LogP contribution in [-0.4, -0.2) is 12.0 Å². The third-order valence-electron chi connectivity index (χ3n) is 3.60. The van der Waals surface area contributed by atoms with E-state index in [4.69, 9.17) is 4.74 Å². The van der Waals surface area contributed by atoms with Gasteiger partial charge in [0.15, 0.2) is 0 Å². The first kappa shape index (κ1) is 10.9. The molecule has 0 atom stereocenters. The summed E-state index contributed by atoms with van der Waals surface area (Å²) in [6.45, 7) is 0. The van der Waals surface area contributed by atoms with Crippen LogP contribution in [0.3, 0.4) is 0 Å². The highest BCUT2D eigenvalue weighted by Gasteiger charge is 2.36. The van der Waals surface area contributed by atoms with Crippen LogP contribution in [0.4, 0.5) is 0 Å². The number of carbonyl (C=O) groups excluding carboxylic acids is 1. The van der Waals surface area contributed by atoms with E-state index in [1.165, 1.54) is 4.90 Å². The SMILES string of the molecule is O=C=NC1(c2ccc3c(c2)OCS3)CCCC1. The maximum atomic E-state index is 10.6. The Morgan fingerprint density at radius 2 is 2.18 bits per heavy atom. The zero-order valence-electron chi connectivity index (χ0n) is 9.44. The molecule has 0 N–H and O–H groups in total. The summed E-state index contributed by atoms with van der Waals surface area (Å²) in [6.07, 6.45) is 5.87. The van der Waals surface area contributed by atoms with Crippen LogP contribution in [0.5, 0.6) is 5.75 Å². The Hall–Kier alpha value is -1.25. The van der Waals surface area contributed by atoms with Crippen molar-refractivity contribution in [1.29, 1.82) is 0 Å². The lowest BCUT2D eigenvalue weighted by molar-refractivity contribution is 0.392. The minimum absolute atomic E-state index is 0.340. The standard InChI is InChI=1S/C13H13NO2S/c15-8-14-13(5-1-2-6-13)10-3-4-12-11(7-10)16-9-17-12/h3-4,7H,1-2,5-6,9H2. The Bertz CT molecular complexity index is 488. The number of benzene rings is 1. The number of hydrogen-bond acceptors (Lipinski definition) is 4. The maximum absolute atomic E-state index is 10.6. The van der Waals surface area contributed by atoms with Gasteiger partial charge in [0, 0.05) is 0 Å². The van der Waals surface area contributed by atoms with Crippen molar-refractivity contribution in [3.05, 3.63) is 23.8 Å². The van der Waals surface area contributed by atoms with Gasteiger partial charge in [-0.25, -0.2) is 4.79 Å². The summed E-state index contributed by atoms with van der Waals surface area (Å²) in [5.74, 6) is 1.61. The van der Waals surface area contributed by atoms with Crippen LogP contribution in [0.2, 0.25) is 0 Å². The molecule has 0 aromatic heterocycles. The molecule has 0 saturated heterocycles. The largest absolute Gasteiger partial charge is 0.481 e. The van der Waals surface area contributed by atoms with Crippen molar-refractivity contribution >= 4 is 17.8 Å². The minimum atomic E-state index is -0.340. The molecule has 0 spiro atoms. The monoisotopic (exact) mass is 247 g/mol. The van der Waals surface area contributed by atoms with Gasteiger partial charge in [-0.1, -0.05) is 30.7 Å². The van der Waals surface area contributed by atoms with E-state index in [1.807, 2.05) is 6.07 Å². The van der Waals surface area contributed by atoms with Crippen molar-refractivity contribution in [1.82, 2.24) is 0 Å². The van der Waals surface area contributed by atoms with Gasteiger partial charge in [-0.2, -0.15) is 4.99 Å². The lowest BCUT2D eigenvalue weighted by Gasteiger charge is -2.23. The molecule has 1 aliphatic carbocycles. The fourth-order valence-corrected chi connectivity index (χ4v) is 3.44. The van der Waals surface area contributed by atoms with Crippen molar-refractivity contribution in [2.75, 3.05) is 5.94 Å². The predicted octanol–water partition coefficient (Wildman–Crippen LogP) is 3.23. The molecule has 1 fully saturated rings. The van der Waals surface area contributed by atoms with E-state index in [0.29, 0.717) is 5.94 Å². The molecule has 1 aliphatic heterocycles. The summed E-state index contributed by atoms with van der Waals surface area (Å²) in [6, 6.07) is 6.19. The van der Waals surface area contributed by atoms with Crippen molar-refractivity contribution in [3.8, 4) is 5.75 Å². The summed E-state index contributed by atoms with van der Waals surface area (Å²) < 4.78 is 5.54. The normalized spacial score (nSPS) is 20.5. The Balaban J connectivity index is 2.04. The third-order valence-corrected chi connectivity index (χ3v) is 4.48. The van der Waals surface area contributed by atoms with Gasteiger partial charge in [0.2, 0.25) is 6.08 Å². The zero-order chi connectivity index (χ0) is 11.7. The average molecular weight is 247 g/mol. The number of fused-ring (bicyclic) bond motifs is 1. The van der Waals surface area contributed by atoms with Crippen molar-refractivity contribution in [2.45, 2.75) is 36.1 Å². The molecular weight excluding hydrogens is 234 g/mol. The molecule has 0 unspecified atom stereocenters. The molecule has 17 heavy (non-hydrogen) atoms. The van der Waals surface area contributed by atoms with Gasteiger partial charge in [0.25, 0.3) is 0 Å². The Morgan fingerprint density at radius 1 is 1.35 bits per heavy atom. The van der Waals surface area contributed by atoms with Crippen molar-refractivity contribution in [2.24, 2.45) is 4.99 Å². The summed E-state index contributed by atoms with van der Waals surface area (Å²) in [4.78, 5) is 15.9. The van der Waals surface area contributed by atoms with E-state index in [9.17, 15) is 4.79 Å². The number of isocyanates is 1. The molecule has 1 heterocycles. The van der Waals surface area contributed by atoms with Crippen LogP contribution in [0, 0.1) is 0 Å². The first-order valence-corrected chi connectivity index (χ1v) is 6.82. The Labute approximate surface area is 104 Å². The van der Waals surface area contributed by atoms with Gasteiger partial charge >= 0.3 is 0 Å². The Kier molecular flexibility index (Phi) is 2.69. The second-order valence-corrected chi connectivity index (χ2v) is 5.47. The second kappa shape index (κ2) is 4.21. The topological polar surface area (TPSA) is 38.7 Å². The molecule has 2 aliphatic rings. The van der Waals surface area contributed by atoms with Crippen LogP contribution in [0.15, 0.2) is 28.1 Å². The van der Waals surface area contributed by atoms with Crippen LogP contribution >= 0.6 is 11.8 Å². The number of hydrogen-bond donors (Lipinski definition) is 0. The van der Waals surface area contributed by atoms with E-state index in [1.54, 1.807) is 17.8 Å². The van der Waals surface area contributed by atoms with Crippen LogP contribution in [0.1, 0.15) is 31.2 Å². The maximum Gasteiger partial charge on any atom is 0.235 e. The van der Waals surface area contributed by atoms with E-state index in [-0.39, 0.29) is 5.54 Å². The van der Waals surface area contributed by atoms with Crippen LogP contribution in [-0.2, 0) is 10.3 Å². The molecule has 1 aromatic carbocycles. The van der Waals surface area contributed by atoms with E-state index in [0.717, 1.165) is 37.0 Å². The highest BCUT2D eigenvalue weighted by molar-refractivity contribution is 7.99. The molecular formula is C13H13NO2S. The van der Waals surface area contributed by atoms with Gasteiger partial charge in [-0.15, -0.1) is 0 Å². The first-order chi connectivity index (χ1) is 8.34. The summed E-state index contributed by atoms with van der Waals surface area (Å²) in [5, 5.41) is 0. The molecule has 1 aromatic rings. The van der Waals surface area contributed by atoms with Gasteiger partial charge in [-0.05, 0) is 30.5 Å². The Morgan fingerprint density at radius 3 is 2.94 bits per heavy atom. The quantitative estimate of drug-likeness (QED) is 0.595. The molecule has 1 saturated carbocycles. The van der Waals surface area contributed by atoms with E-state index >= 15 is 0 Å². The second-order valence-electron chi connectivity index (χ2n) is 4.51. The fraction of sp³-hybridized carbons (Fsp3) is 0.462. The molecule has 88 valence electrons. The van der Waals surface area contributed by atoms with Crippen LogP contribution < -0.4 is 4.74 Å². The lowest BCUT2D eigenvalue weighted by Crippen LogP contribution is -2.18. The average Bonchev–Trinajstić information content (AvgIpc) is 2.96. The third kappa shape index (κ3) is 1.78. The molecule has 3 rings (SSSR count). The van der Waals surface area contributed by atoms with E-state index < -0.39 is 0 Å². The van der Waals surface area contributed by atoms with Gasteiger partial charge < -0.3 is 4.74 Å². The fourth-order valence-electron chi connectivity index (χ4n) is 2.70. The van der Waals surface area contributed by atoms with Gasteiger partial charge in [0.1, 0.15) is 11.7 Å². The summed E-state index contributed by atoms with van der Waals surface area (Å²) in [7, 11) is 0. The number of thioether (sulfide) groups is 1. The first-order valence-electron chi connectivity index (χ1n) is 5.83. The highest BCUT2D eigenvalue weighted by atomic mass is 32.2.